The van der Waals surface area contributed by atoms with E-state index < -0.39 is 23.5 Å². The first kappa shape index (κ1) is 15.1. The average molecular weight is 306 g/mol. The molecular weight excluding hydrogens is 298 g/mol. The molecule has 1 aromatic heterocycles. The van der Waals surface area contributed by atoms with Gasteiger partial charge in [0.15, 0.2) is 0 Å². The molecule has 2 nitrogen and oxygen atoms in total. The van der Waals surface area contributed by atoms with Gasteiger partial charge in [0, 0.05) is 11.8 Å². The molecule has 0 aliphatic carbocycles. The van der Waals surface area contributed by atoms with Crippen molar-refractivity contribution < 1.29 is 26.3 Å². The molecule has 8 heteroatoms. The number of anilines is 1. The first-order valence-electron chi connectivity index (χ1n) is 5.59. The zero-order chi connectivity index (χ0) is 15.8. The third-order valence-electron chi connectivity index (χ3n) is 2.75. The van der Waals surface area contributed by atoms with Crippen molar-refractivity contribution in [1.82, 2.24) is 4.98 Å². The van der Waals surface area contributed by atoms with Gasteiger partial charge in [0.05, 0.1) is 11.1 Å². The molecule has 0 radical (unpaired) electrons. The lowest BCUT2D eigenvalue weighted by Crippen LogP contribution is -2.08. The number of nitrogens with two attached hydrogens (primary N) is 1. The number of nitrogens with zero attached hydrogens (tertiary/aromatic N) is 1. The van der Waals surface area contributed by atoms with Crippen molar-refractivity contribution in [1.29, 1.82) is 0 Å². The van der Waals surface area contributed by atoms with Crippen LogP contribution in [0.25, 0.3) is 11.1 Å². The highest BCUT2D eigenvalue weighted by Crippen LogP contribution is 2.36. The second-order valence-electron chi connectivity index (χ2n) is 4.23. The Morgan fingerprint density at radius 3 is 2.05 bits per heavy atom. The fourth-order valence-electron chi connectivity index (χ4n) is 1.72. The van der Waals surface area contributed by atoms with Gasteiger partial charge in [0.1, 0.15) is 5.82 Å². The third-order valence-corrected chi connectivity index (χ3v) is 2.75. The minimum absolute atomic E-state index is 0.0825. The summed E-state index contributed by atoms with van der Waals surface area (Å²) in [5.74, 6) is -0.276. The maximum atomic E-state index is 12.6. The van der Waals surface area contributed by atoms with Crippen LogP contribution in [0.15, 0.2) is 36.5 Å². The van der Waals surface area contributed by atoms with Gasteiger partial charge in [-0.3, -0.25) is 0 Å². The van der Waals surface area contributed by atoms with Gasteiger partial charge in [-0.15, -0.1) is 0 Å². The lowest BCUT2D eigenvalue weighted by Gasteiger charge is -2.12. The Morgan fingerprint density at radius 1 is 0.857 bits per heavy atom. The second-order valence-corrected chi connectivity index (χ2v) is 4.23. The van der Waals surface area contributed by atoms with Crippen LogP contribution in [-0.4, -0.2) is 4.98 Å². The van der Waals surface area contributed by atoms with E-state index in [2.05, 4.69) is 4.98 Å². The topological polar surface area (TPSA) is 38.9 Å². The Balaban J connectivity index is 2.57. The van der Waals surface area contributed by atoms with Crippen molar-refractivity contribution >= 4 is 5.82 Å². The molecule has 0 bridgehead atoms. The largest absolute Gasteiger partial charge is 0.417 e. The molecule has 2 N–H and O–H groups in total. The molecule has 0 spiro atoms. The molecule has 0 fully saturated rings. The van der Waals surface area contributed by atoms with E-state index in [0.717, 1.165) is 18.2 Å². The Morgan fingerprint density at radius 2 is 1.48 bits per heavy atom. The number of halogens is 6. The molecule has 0 unspecified atom stereocenters. The number of aromatic nitrogens is 1. The summed E-state index contributed by atoms with van der Waals surface area (Å²) in [6.45, 7) is 0. The first-order chi connectivity index (χ1) is 9.59. The number of rotatable bonds is 1. The van der Waals surface area contributed by atoms with Crippen molar-refractivity contribution in [2.75, 3.05) is 5.73 Å². The van der Waals surface area contributed by atoms with Crippen LogP contribution in [0.4, 0.5) is 32.2 Å². The van der Waals surface area contributed by atoms with Crippen molar-refractivity contribution in [3.05, 3.63) is 47.7 Å². The average Bonchev–Trinajstić information content (AvgIpc) is 2.37. The van der Waals surface area contributed by atoms with Gasteiger partial charge < -0.3 is 5.73 Å². The number of hydrogen-bond acceptors (Lipinski definition) is 2. The van der Waals surface area contributed by atoms with Gasteiger partial charge in [0.25, 0.3) is 0 Å². The first-order valence-corrected chi connectivity index (χ1v) is 5.59. The fraction of sp³-hybridized carbons (Fsp3) is 0.154. The molecule has 112 valence electrons. The Kier molecular flexibility index (Phi) is 3.56. The number of nitrogen functional groups attached to an aromatic ring is 1. The lowest BCUT2D eigenvalue weighted by atomic mass is 10.0. The smallest absolute Gasteiger partial charge is 0.383 e. The molecule has 1 aromatic carbocycles. The molecule has 0 atom stereocenters. The summed E-state index contributed by atoms with van der Waals surface area (Å²) in [4.78, 5) is 3.39. The van der Waals surface area contributed by atoms with Gasteiger partial charge in [-0.1, -0.05) is 12.1 Å². The van der Waals surface area contributed by atoms with Gasteiger partial charge in [-0.05, 0) is 23.8 Å². The quantitative estimate of drug-likeness (QED) is 0.795. The van der Waals surface area contributed by atoms with E-state index in [4.69, 9.17) is 5.73 Å². The van der Waals surface area contributed by atoms with Crippen molar-refractivity contribution in [2.24, 2.45) is 0 Å². The van der Waals surface area contributed by atoms with Gasteiger partial charge >= 0.3 is 12.4 Å². The predicted molar refractivity (Wildman–Crippen MR) is 64.1 cm³/mol. The normalized spacial score (nSPS) is 12.5. The number of hydrogen-bond donors (Lipinski definition) is 1. The van der Waals surface area contributed by atoms with Crippen LogP contribution >= 0.6 is 0 Å². The molecule has 21 heavy (non-hydrogen) atoms. The molecule has 0 aliphatic rings. The van der Waals surface area contributed by atoms with Crippen LogP contribution in [-0.2, 0) is 12.4 Å². The van der Waals surface area contributed by atoms with Crippen LogP contribution in [0.5, 0.6) is 0 Å². The summed E-state index contributed by atoms with van der Waals surface area (Å²) in [6.07, 6.45) is -8.72. The maximum Gasteiger partial charge on any atom is 0.417 e. The molecule has 2 rings (SSSR count). The summed E-state index contributed by atoms with van der Waals surface area (Å²) < 4.78 is 75.7. The van der Waals surface area contributed by atoms with E-state index in [-0.39, 0.29) is 16.9 Å². The standard InChI is InChI=1S/C13H8F6N2/c14-12(15,16)8-3-1-2-7(4-8)10-5-9(13(17,18)19)6-21-11(10)20/h1-6H,(H2,20,21). The predicted octanol–water partition coefficient (Wildman–Crippen LogP) is 4.37. The lowest BCUT2D eigenvalue weighted by molar-refractivity contribution is -0.138. The van der Waals surface area contributed by atoms with Gasteiger partial charge in [-0.25, -0.2) is 4.98 Å². The number of benzene rings is 1. The van der Waals surface area contributed by atoms with Crippen LogP contribution in [0.2, 0.25) is 0 Å². The molecule has 1 heterocycles. The zero-order valence-corrected chi connectivity index (χ0v) is 10.3. The fourth-order valence-corrected chi connectivity index (χ4v) is 1.72. The maximum absolute atomic E-state index is 12.6. The van der Waals surface area contributed by atoms with Crippen LogP contribution in [0.3, 0.4) is 0 Å². The van der Waals surface area contributed by atoms with E-state index in [9.17, 15) is 26.3 Å². The minimum atomic E-state index is -4.66. The van der Waals surface area contributed by atoms with Crippen molar-refractivity contribution in [3.8, 4) is 11.1 Å². The Bertz CT molecular complexity index is 660. The van der Waals surface area contributed by atoms with E-state index >= 15 is 0 Å². The molecule has 0 amide bonds. The monoisotopic (exact) mass is 306 g/mol. The molecule has 0 aliphatic heterocycles. The molecular formula is C13H8F6N2. The van der Waals surface area contributed by atoms with E-state index in [1.54, 1.807) is 0 Å². The summed E-state index contributed by atoms with van der Waals surface area (Å²) in [5, 5.41) is 0. The van der Waals surface area contributed by atoms with E-state index in [1.165, 1.54) is 6.07 Å². The van der Waals surface area contributed by atoms with E-state index in [0.29, 0.717) is 12.3 Å². The highest BCUT2D eigenvalue weighted by atomic mass is 19.4. The summed E-state index contributed by atoms with van der Waals surface area (Å²) in [6, 6.07) is 4.56. The SMILES string of the molecule is Nc1ncc(C(F)(F)F)cc1-c1cccc(C(F)(F)F)c1. The van der Waals surface area contributed by atoms with Crippen LogP contribution < -0.4 is 5.73 Å². The van der Waals surface area contributed by atoms with Gasteiger partial charge in [-0.2, -0.15) is 26.3 Å². The molecule has 0 saturated heterocycles. The summed E-state index contributed by atoms with van der Waals surface area (Å²) in [5.41, 5.74) is 3.13. The summed E-state index contributed by atoms with van der Waals surface area (Å²) >= 11 is 0. The zero-order valence-electron chi connectivity index (χ0n) is 10.3. The molecule has 0 saturated carbocycles. The highest BCUT2D eigenvalue weighted by molar-refractivity contribution is 5.74. The number of pyridine rings is 1. The Hall–Kier alpha value is -2.25. The minimum Gasteiger partial charge on any atom is -0.383 e. The number of alkyl halides is 6. The van der Waals surface area contributed by atoms with E-state index in [1.807, 2.05) is 0 Å². The van der Waals surface area contributed by atoms with Crippen LogP contribution in [0, 0.1) is 0 Å². The highest BCUT2D eigenvalue weighted by Gasteiger charge is 2.33. The summed E-state index contributed by atoms with van der Waals surface area (Å²) in [7, 11) is 0. The van der Waals surface area contributed by atoms with Crippen molar-refractivity contribution in [3.63, 3.8) is 0 Å². The third kappa shape index (κ3) is 3.26. The second kappa shape index (κ2) is 4.94. The molecule has 2 aromatic rings. The van der Waals surface area contributed by atoms with Crippen LogP contribution in [0.1, 0.15) is 11.1 Å². The van der Waals surface area contributed by atoms with Crippen molar-refractivity contribution in [2.45, 2.75) is 12.4 Å². The Labute approximate surface area is 115 Å². The van der Waals surface area contributed by atoms with Gasteiger partial charge in [0.2, 0.25) is 0 Å².